The third-order valence-corrected chi connectivity index (χ3v) is 3.46. The lowest BCUT2D eigenvalue weighted by Crippen LogP contribution is -1.95. The van der Waals surface area contributed by atoms with Gasteiger partial charge in [0.2, 0.25) is 5.13 Å². The molecule has 0 spiro atoms. The number of aromatic nitrogens is 2. The maximum atomic E-state index is 5.18. The summed E-state index contributed by atoms with van der Waals surface area (Å²) in [6.45, 7) is 2.88. The smallest absolute Gasteiger partial charge is 0.202 e. The molecule has 0 aliphatic heterocycles. The predicted octanol–water partition coefficient (Wildman–Crippen LogP) is 3.41. The minimum Gasteiger partial charge on any atom is -0.496 e. The van der Waals surface area contributed by atoms with Crippen LogP contribution in [0.3, 0.4) is 0 Å². The van der Waals surface area contributed by atoms with E-state index in [0.29, 0.717) is 0 Å². The van der Waals surface area contributed by atoms with Crippen molar-refractivity contribution in [3.63, 3.8) is 0 Å². The molecular weight excluding hydrogens is 302 g/mol. The van der Waals surface area contributed by atoms with E-state index in [1.165, 1.54) is 11.5 Å². The first-order chi connectivity index (χ1) is 8.24. The van der Waals surface area contributed by atoms with Gasteiger partial charge in [0.25, 0.3) is 0 Å². The standard InChI is InChI=1S/C11H12BrN3OS/c1-3-13-11-14-10(15-17-11)7-4-5-9(16-2)8(12)6-7/h4-6H,3H2,1-2H3,(H,13,14,15). The molecule has 1 heterocycles. The lowest BCUT2D eigenvalue weighted by molar-refractivity contribution is 0.412. The number of hydrogen-bond donors (Lipinski definition) is 1. The van der Waals surface area contributed by atoms with E-state index in [4.69, 9.17) is 4.74 Å². The lowest BCUT2D eigenvalue weighted by Gasteiger charge is -2.03. The van der Waals surface area contributed by atoms with Gasteiger partial charge in [-0.3, -0.25) is 0 Å². The van der Waals surface area contributed by atoms with Crippen molar-refractivity contribution in [2.45, 2.75) is 6.92 Å². The van der Waals surface area contributed by atoms with Gasteiger partial charge in [0.05, 0.1) is 11.6 Å². The molecule has 2 rings (SSSR count). The van der Waals surface area contributed by atoms with E-state index in [-0.39, 0.29) is 0 Å². The Kier molecular flexibility index (Phi) is 3.96. The molecule has 1 aromatic heterocycles. The summed E-state index contributed by atoms with van der Waals surface area (Å²) in [4.78, 5) is 4.40. The highest BCUT2D eigenvalue weighted by molar-refractivity contribution is 9.10. The first-order valence-corrected chi connectivity index (χ1v) is 6.72. The number of methoxy groups -OCH3 is 1. The van der Waals surface area contributed by atoms with E-state index in [2.05, 4.69) is 30.6 Å². The topological polar surface area (TPSA) is 47.0 Å². The predicted molar refractivity (Wildman–Crippen MR) is 73.8 cm³/mol. The molecular formula is C11H12BrN3OS. The number of ether oxygens (including phenoxy) is 1. The van der Waals surface area contributed by atoms with E-state index in [1.54, 1.807) is 7.11 Å². The van der Waals surface area contributed by atoms with Gasteiger partial charge in [-0.1, -0.05) is 0 Å². The number of anilines is 1. The molecule has 1 aromatic carbocycles. The van der Waals surface area contributed by atoms with Crippen LogP contribution < -0.4 is 10.1 Å². The van der Waals surface area contributed by atoms with Crippen LogP contribution in [0.25, 0.3) is 11.4 Å². The zero-order valence-corrected chi connectivity index (χ0v) is 11.9. The molecule has 0 saturated heterocycles. The summed E-state index contributed by atoms with van der Waals surface area (Å²) in [6.07, 6.45) is 0. The Morgan fingerprint density at radius 3 is 2.94 bits per heavy atom. The van der Waals surface area contributed by atoms with Crippen LogP contribution in [0.4, 0.5) is 5.13 Å². The first kappa shape index (κ1) is 12.3. The van der Waals surface area contributed by atoms with Crippen molar-refractivity contribution in [2.24, 2.45) is 0 Å². The van der Waals surface area contributed by atoms with E-state index in [1.807, 2.05) is 25.1 Å². The molecule has 0 amide bonds. The van der Waals surface area contributed by atoms with E-state index in [9.17, 15) is 0 Å². The summed E-state index contributed by atoms with van der Waals surface area (Å²) in [7, 11) is 1.64. The van der Waals surface area contributed by atoms with Crippen molar-refractivity contribution < 1.29 is 4.74 Å². The van der Waals surface area contributed by atoms with Crippen molar-refractivity contribution >= 4 is 32.6 Å². The molecule has 90 valence electrons. The zero-order valence-electron chi connectivity index (χ0n) is 9.53. The average Bonchev–Trinajstić information content (AvgIpc) is 2.78. The Balaban J connectivity index is 2.29. The number of rotatable bonds is 4. The Hall–Kier alpha value is -1.14. The van der Waals surface area contributed by atoms with Crippen LogP contribution in [-0.2, 0) is 0 Å². The van der Waals surface area contributed by atoms with Crippen molar-refractivity contribution in [2.75, 3.05) is 19.0 Å². The minimum atomic E-state index is 0.731. The number of nitrogens with one attached hydrogen (secondary N) is 1. The number of halogens is 1. The van der Waals surface area contributed by atoms with E-state index >= 15 is 0 Å². The minimum absolute atomic E-state index is 0.731. The largest absolute Gasteiger partial charge is 0.496 e. The molecule has 17 heavy (non-hydrogen) atoms. The molecule has 0 aliphatic carbocycles. The molecule has 0 bridgehead atoms. The third-order valence-electron chi connectivity index (χ3n) is 2.16. The summed E-state index contributed by atoms with van der Waals surface area (Å²) < 4.78 is 10.4. The fourth-order valence-corrected chi connectivity index (χ4v) is 2.57. The number of nitrogens with zero attached hydrogens (tertiary/aromatic N) is 2. The van der Waals surface area contributed by atoms with Gasteiger partial charge < -0.3 is 10.1 Å². The molecule has 2 aromatic rings. The zero-order chi connectivity index (χ0) is 12.3. The Bertz CT molecular complexity index is 515. The Morgan fingerprint density at radius 1 is 1.47 bits per heavy atom. The van der Waals surface area contributed by atoms with Crippen LogP contribution in [0.2, 0.25) is 0 Å². The monoisotopic (exact) mass is 313 g/mol. The normalized spacial score (nSPS) is 10.3. The Morgan fingerprint density at radius 2 is 2.29 bits per heavy atom. The summed E-state index contributed by atoms with van der Waals surface area (Å²) in [5.74, 6) is 1.53. The second-order valence-corrected chi connectivity index (χ2v) is 4.91. The SMILES string of the molecule is CCNc1nc(-c2ccc(OC)c(Br)c2)ns1. The fourth-order valence-electron chi connectivity index (χ4n) is 1.37. The van der Waals surface area contributed by atoms with Crippen LogP contribution in [-0.4, -0.2) is 23.0 Å². The Labute approximate surface area is 112 Å². The van der Waals surface area contributed by atoms with Crippen molar-refractivity contribution in [3.05, 3.63) is 22.7 Å². The van der Waals surface area contributed by atoms with Crippen molar-refractivity contribution in [1.82, 2.24) is 9.36 Å². The summed E-state index contributed by atoms with van der Waals surface area (Å²) in [6, 6.07) is 5.80. The third kappa shape index (κ3) is 2.76. The van der Waals surface area contributed by atoms with Gasteiger partial charge in [-0.25, -0.2) is 0 Å². The molecule has 0 unspecified atom stereocenters. The van der Waals surface area contributed by atoms with Crippen LogP contribution in [0.5, 0.6) is 5.75 Å². The summed E-state index contributed by atoms with van der Waals surface area (Å²) >= 11 is 4.82. The molecule has 0 saturated carbocycles. The van der Waals surface area contributed by atoms with Crippen LogP contribution in [0.1, 0.15) is 6.92 Å². The van der Waals surface area contributed by atoms with Gasteiger partial charge in [0.1, 0.15) is 5.75 Å². The number of benzene rings is 1. The van der Waals surface area contributed by atoms with Gasteiger partial charge >= 0.3 is 0 Å². The first-order valence-electron chi connectivity index (χ1n) is 5.16. The van der Waals surface area contributed by atoms with Gasteiger partial charge in [0.15, 0.2) is 5.82 Å². The molecule has 0 radical (unpaired) electrons. The summed E-state index contributed by atoms with van der Waals surface area (Å²) in [5, 5.41) is 3.99. The molecule has 0 aliphatic rings. The van der Waals surface area contributed by atoms with E-state index in [0.717, 1.165) is 33.3 Å². The highest BCUT2D eigenvalue weighted by atomic mass is 79.9. The molecule has 0 fully saturated rings. The molecule has 6 heteroatoms. The molecule has 1 N–H and O–H groups in total. The number of hydrogen-bond acceptors (Lipinski definition) is 5. The summed E-state index contributed by atoms with van der Waals surface area (Å²) in [5.41, 5.74) is 0.970. The van der Waals surface area contributed by atoms with Gasteiger partial charge in [-0.2, -0.15) is 9.36 Å². The van der Waals surface area contributed by atoms with Gasteiger partial charge in [0, 0.05) is 23.6 Å². The van der Waals surface area contributed by atoms with Gasteiger partial charge in [-0.05, 0) is 41.1 Å². The highest BCUT2D eigenvalue weighted by Crippen LogP contribution is 2.30. The van der Waals surface area contributed by atoms with Crippen LogP contribution in [0, 0.1) is 0 Å². The quantitative estimate of drug-likeness (QED) is 0.939. The second kappa shape index (κ2) is 5.46. The lowest BCUT2D eigenvalue weighted by atomic mass is 10.2. The molecule has 0 atom stereocenters. The maximum absolute atomic E-state index is 5.18. The average molecular weight is 314 g/mol. The van der Waals surface area contributed by atoms with Crippen LogP contribution in [0.15, 0.2) is 22.7 Å². The van der Waals surface area contributed by atoms with Crippen molar-refractivity contribution in [3.8, 4) is 17.1 Å². The second-order valence-electron chi connectivity index (χ2n) is 3.30. The van der Waals surface area contributed by atoms with Crippen molar-refractivity contribution in [1.29, 1.82) is 0 Å². The maximum Gasteiger partial charge on any atom is 0.202 e. The molecule has 4 nitrogen and oxygen atoms in total. The van der Waals surface area contributed by atoms with E-state index < -0.39 is 0 Å². The highest BCUT2D eigenvalue weighted by Gasteiger charge is 2.08. The van der Waals surface area contributed by atoms with Gasteiger partial charge in [-0.15, -0.1) is 0 Å². The fraction of sp³-hybridized carbons (Fsp3) is 0.273. The van der Waals surface area contributed by atoms with Crippen LogP contribution >= 0.6 is 27.5 Å².